The van der Waals surface area contributed by atoms with E-state index in [4.69, 9.17) is 0 Å². The van der Waals surface area contributed by atoms with E-state index >= 15 is 0 Å². The second-order valence-electron chi connectivity index (χ2n) is 6.85. The predicted molar refractivity (Wildman–Crippen MR) is 82.5 cm³/mol. The van der Waals surface area contributed by atoms with Gasteiger partial charge in [-0.05, 0) is 58.3 Å². The van der Waals surface area contributed by atoms with E-state index in [9.17, 15) is 0 Å². The molecular weight excluding hydrogens is 234 g/mol. The highest BCUT2D eigenvalue weighted by Gasteiger charge is 2.27. The van der Waals surface area contributed by atoms with Crippen molar-refractivity contribution in [3.8, 4) is 0 Å². The molecule has 112 valence electrons. The summed E-state index contributed by atoms with van der Waals surface area (Å²) in [5, 5.41) is 3.71. The van der Waals surface area contributed by atoms with Crippen LogP contribution >= 0.6 is 0 Å². The Kier molecular flexibility index (Phi) is 6.11. The Morgan fingerprint density at radius 1 is 1.16 bits per heavy atom. The van der Waals surface area contributed by atoms with Gasteiger partial charge >= 0.3 is 0 Å². The molecular formula is C16H33N3. The van der Waals surface area contributed by atoms with Crippen molar-refractivity contribution in [2.24, 2.45) is 11.8 Å². The van der Waals surface area contributed by atoms with Gasteiger partial charge in [-0.2, -0.15) is 0 Å². The summed E-state index contributed by atoms with van der Waals surface area (Å²) >= 11 is 0. The van der Waals surface area contributed by atoms with E-state index in [1.807, 2.05) is 0 Å². The summed E-state index contributed by atoms with van der Waals surface area (Å²) in [6.07, 6.45) is 7.06. The summed E-state index contributed by atoms with van der Waals surface area (Å²) < 4.78 is 0. The van der Waals surface area contributed by atoms with E-state index < -0.39 is 0 Å². The van der Waals surface area contributed by atoms with Crippen molar-refractivity contribution in [3.05, 3.63) is 0 Å². The first kappa shape index (κ1) is 15.3. The van der Waals surface area contributed by atoms with Gasteiger partial charge in [0, 0.05) is 25.7 Å². The van der Waals surface area contributed by atoms with E-state index in [0.717, 1.165) is 24.4 Å². The maximum absolute atomic E-state index is 3.71. The normalized spacial score (nSPS) is 33.2. The average molecular weight is 267 g/mol. The van der Waals surface area contributed by atoms with Crippen LogP contribution in [0.2, 0.25) is 0 Å². The predicted octanol–water partition coefficient (Wildman–Crippen LogP) is 2.04. The topological polar surface area (TPSA) is 18.5 Å². The van der Waals surface area contributed by atoms with Gasteiger partial charge in [0.25, 0.3) is 0 Å². The molecule has 1 N–H and O–H groups in total. The fourth-order valence-corrected chi connectivity index (χ4v) is 4.05. The minimum absolute atomic E-state index is 0.771. The molecule has 1 saturated heterocycles. The van der Waals surface area contributed by atoms with Crippen LogP contribution in [0.1, 0.15) is 39.0 Å². The molecule has 2 aliphatic rings. The van der Waals surface area contributed by atoms with Crippen molar-refractivity contribution >= 4 is 0 Å². The van der Waals surface area contributed by atoms with Crippen LogP contribution < -0.4 is 5.32 Å². The van der Waals surface area contributed by atoms with Gasteiger partial charge in [-0.3, -0.25) is 0 Å². The van der Waals surface area contributed by atoms with E-state index in [2.05, 4.69) is 36.1 Å². The molecule has 1 aliphatic carbocycles. The van der Waals surface area contributed by atoms with Crippen LogP contribution in [0.4, 0.5) is 0 Å². The van der Waals surface area contributed by atoms with Crippen LogP contribution in [0.5, 0.6) is 0 Å². The molecule has 0 spiro atoms. The standard InChI is InChI=1S/C16H33N3/c1-4-17-16-8-6-5-7-15(16)13-19(3)12-14-9-10-18(2)11-14/h14-17H,4-13H2,1-3H3. The molecule has 19 heavy (non-hydrogen) atoms. The second kappa shape index (κ2) is 7.61. The minimum atomic E-state index is 0.771. The van der Waals surface area contributed by atoms with E-state index in [1.54, 1.807) is 0 Å². The fourth-order valence-electron chi connectivity index (χ4n) is 4.05. The van der Waals surface area contributed by atoms with E-state index in [1.165, 1.54) is 58.3 Å². The van der Waals surface area contributed by atoms with Gasteiger partial charge < -0.3 is 15.1 Å². The molecule has 1 saturated carbocycles. The molecule has 3 heteroatoms. The second-order valence-corrected chi connectivity index (χ2v) is 6.85. The van der Waals surface area contributed by atoms with Crippen LogP contribution in [0.15, 0.2) is 0 Å². The number of hydrogen-bond acceptors (Lipinski definition) is 3. The monoisotopic (exact) mass is 267 g/mol. The lowest BCUT2D eigenvalue weighted by molar-refractivity contribution is 0.175. The summed E-state index contributed by atoms with van der Waals surface area (Å²) in [6.45, 7) is 8.53. The van der Waals surface area contributed by atoms with Gasteiger partial charge in [-0.25, -0.2) is 0 Å². The van der Waals surface area contributed by atoms with Crippen molar-refractivity contribution in [3.63, 3.8) is 0 Å². The average Bonchev–Trinajstić information content (AvgIpc) is 2.77. The Bertz CT molecular complexity index is 254. The molecule has 3 nitrogen and oxygen atoms in total. The number of likely N-dealkylation sites (tertiary alicyclic amines) is 1. The molecule has 0 aromatic rings. The van der Waals surface area contributed by atoms with Crippen LogP contribution in [-0.2, 0) is 0 Å². The van der Waals surface area contributed by atoms with Crippen molar-refractivity contribution in [1.82, 2.24) is 15.1 Å². The first-order valence-corrected chi connectivity index (χ1v) is 8.29. The Morgan fingerprint density at radius 2 is 1.95 bits per heavy atom. The molecule has 2 fully saturated rings. The molecule has 0 radical (unpaired) electrons. The zero-order chi connectivity index (χ0) is 13.7. The van der Waals surface area contributed by atoms with Crippen LogP contribution in [0, 0.1) is 11.8 Å². The number of nitrogens with one attached hydrogen (secondary N) is 1. The minimum Gasteiger partial charge on any atom is -0.314 e. The summed E-state index contributed by atoms with van der Waals surface area (Å²) in [5.74, 6) is 1.77. The molecule has 0 bridgehead atoms. The van der Waals surface area contributed by atoms with Gasteiger partial charge in [-0.1, -0.05) is 19.8 Å². The molecule has 0 aromatic heterocycles. The molecule has 0 amide bonds. The summed E-state index contributed by atoms with van der Waals surface area (Å²) in [5.41, 5.74) is 0. The highest BCUT2D eigenvalue weighted by atomic mass is 15.2. The van der Waals surface area contributed by atoms with Gasteiger partial charge in [0.15, 0.2) is 0 Å². The third-order valence-electron chi connectivity index (χ3n) is 4.98. The Morgan fingerprint density at radius 3 is 2.63 bits per heavy atom. The lowest BCUT2D eigenvalue weighted by Gasteiger charge is -2.35. The summed E-state index contributed by atoms with van der Waals surface area (Å²) in [7, 11) is 4.58. The zero-order valence-electron chi connectivity index (χ0n) is 13.2. The number of nitrogens with zero attached hydrogens (tertiary/aromatic N) is 2. The molecule has 3 unspecified atom stereocenters. The summed E-state index contributed by atoms with van der Waals surface area (Å²) in [4.78, 5) is 5.07. The maximum Gasteiger partial charge on any atom is 0.0107 e. The van der Waals surface area contributed by atoms with Crippen LogP contribution in [-0.4, -0.2) is 62.7 Å². The third-order valence-corrected chi connectivity index (χ3v) is 4.98. The Hall–Kier alpha value is -0.120. The Labute approximate surface area is 119 Å². The maximum atomic E-state index is 3.71. The first-order valence-electron chi connectivity index (χ1n) is 8.29. The third kappa shape index (κ3) is 4.73. The van der Waals surface area contributed by atoms with E-state index in [0.29, 0.717) is 0 Å². The van der Waals surface area contributed by atoms with Crippen LogP contribution in [0.25, 0.3) is 0 Å². The lowest BCUT2D eigenvalue weighted by atomic mass is 9.84. The smallest absolute Gasteiger partial charge is 0.0107 e. The van der Waals surface area contributed by atoms with Gasteiger partial charge in [0.05, 0.1) is 0 Å². The Balaban J connectivity index is 1.74. The summed E-state index contributed by atoms with van der Waals surface area (Å²) in [6, 6.07) is 0.771. The van der Waals surface area contributed by atoms with Crippen molar-refractivity contribution in [2.75, 3.05) is 46.8 Å². The SMILES string of the molecule is CCNC1CCCCC1CN(C)CC1CCN(C)C1. The van der Waals surface area contributed by atoms with Gasteiger partial charge in [-0.15, -0.1) is 0 Å². The number of hydrogen-bond donors (Lipinski definition) is 1. The largest absolute Gasteiger partial charge is 0.314 e. The molecule has 0 aromatic carbocycles. The number of rotatable bonds is 6. The highest BCUT2D eigenvalue weighted by Crippen LogP contribution is 2.25. The first-order chi connectivity index (χ1) is 9.19. The van der Waals surface area contributed by atoms with Crippen molar-refractivity contribution in [1.29, 1.82) is 0 Å². The van der Waals surface area contributed by atoms with Gasteiger partial charge in [0.2, 0.25) is 0 Å². The highest BCUT2D eigenvalue weighted by molar-refractivity contribution is 4.83. The van der Waals surface area contributed by atoms with Crippen molar-refractivity contribution in [2.45, 2.75) is 45.1 Å². The molecule has 2 rings (SSSR count). The molecule has 1 aliphatic heterocycles. The van der Waals surface area contributed by atoms with Gasteiger partial charge in [0.1, 0.15) is 0 Å². The lowest BCUT2D eigenvalue weighted by Crippen LogP contribution is -2.44. The van der Waals surface area contributed by atoms with Crippen molar-refractivity contribution < 1.29 is 0 Å². The zero-order valence-corrected chi connectivity index (χ0v) is 13.2. The van der Waals surface area contributed by atoms with E-state index in [-0.39, 0.29) is 0 Å². The molecule has 1 heterocycles. The molecule has 3 atom stereocenters. The van der Waals surface area contributed by atoms with Crippen LogP contribution in [0.3, 0.4) is 0 Å². The quantitative estimate of drug-likeness (QED) is 0.794. The fraction of sp³-hybridized carbons (Fsp3) is 1.00.